The van der Waals surface area contributed by atoms with Crippen LogP contribution in [0.3, 0.4) is 0 Å². The molecule has 0 spiro atoms. The number of ketones is 1. The number of nitrogens with zero attached hydrogens (tertiary/aromatic N) is 1. The molecule has 3 aromatic rings. The number of Topliss-reactive ketones (excluding diaryl/α,β-unsaturated/α-hetero) is 1. The summed E-state index contributed by atoms with van der Waals surface area (Å²) in [6, 6.07) is 17.8. The largest absolute Gasteiger partial charge is 0.465 e. The molecule has 2 aromatic carbocycles. The van der Waals surface area contributed by atoms with E-state index in [9.17, 15) is 9.59 Å². The maximum atomic E-state index is 13.0. The molecule has 0 aliphatic carbocycles. The molecule has 2 aliphatic heterocycles. The zero-order chi connectivity index (χ0) is 20.7. The molecule has 30 heavy (non-hydrogen) atoms. The number of carbonyl (C=O) groups excluding carboxylic acids is 2. The molecule has 0 unspecified atom stereocenters. The van der Waals surface area contributed by atoms with Crippen LogP contribution in [0.15, 0.2) is 54.6 Å². The number of hydrogen-bond acceptors (Lipinski definition) is 4. The normalized spacial score (nSPS) is 22.5. The van der Waals surface area contributed by atoms with Gasteiger partial charge in [-0.25, -0.2) is 0 Å². The van der Waals surface area contributed by atoms with Crippen LogP contribution < -0.4 is 5.32 Å². The van der Waals surface area contributed by atoms with E-state index in [1.54, 1.807) is 0 Å². The van der Waals surface area contributed by atoms with Crippen molar-refractivity contribution in [3.05, 3.63) is 71.4 Å². The number of aromatic nitrogens is 1. The quantitative estimate of drug-likeness (QED) is 0.509. The van der Waals surface area contributed by atoms with Gasteiger partial charge in [0.15, 0.2) is 5.78 Å². The van der Waals surface area contributed by atoms with Crippen LogP contribution in [0.4, 0.5) is 0 Å². The van der Waals surface area contributed by atoms with Gasteiger partial charge in [0.1, 0.15) is 6.04 Å². The van der Waals surface area contributed by atoms with Crippen LogP contribution in [0.1, 0.15) is 59.9 Å². The summed E-state index contributed by atoms with van der Waals surface area (Å²) in [4.78, 5) is 25.4. The van der Waals surface area contributed by atoms with Gasteiger partial charge in [0.05, 0.1) is 6.61 Å². The van der Waals surface area contributed by atoms with Crippen LogP contribution in [-0.4, -0.2) is 29.0 Å². The van der Waals surface area contributed by atoms with Gasteiger partial charge in [0, 0.05) is 47.1 Å². The van der Waals surface area contributed by atoms with Crippen LogP contribution in [-0.2, 0) is 16.0 Å². The van der Waals surface area contributed by atoms with E-state index in [-0.39, 0.29) is 29.9 Å². The lowest BCUT2D eigenvalue weighted by Gasteiger charge is -2.38. The molecule has 0 saturated heterocycles. The number of carbonyl (C=O) groups is 2. The molecule has 5 heteroatoms. The molecular weight excluding hydrogens is 376 g/mol. The van der Waals surface area contributed by atoms with Gasteiger partial charge in [-0.15, -0.1) is 0 Å². The molecule has 5 nitrogen and oxygen atoms in total. The molecule has 0 fully saturated rings. The van der Waals surface area contributed by atoms with Gasteiger partial charge in [-0.1, -0.05) is 48.5 Å². The SMILES string of the molecule is CCOC(=O)[C@@H]1Cc2c3n(c4ccccc24)[C@H](CC(=O)c2ccccc2)CC[C@@H]3N1. The van der Waals surface area contributed by atoms with Gasteiger partial charge in [0.25, 0.3) is 0 Å². The molecular formula is C25H26N2O3. The fourth-order valence-electron chi connectivity index (χ4n) is 5.17. The molecule has 2 aliphatic rings. The number of ether oxygens (including phenoxy) is 1. The lowest BCUT2D eigenvalue weighted by atomic mass is 9.87. The van der Waals surface area contributed by atoms with Crippen molar-refractivity contribution < 1.29 is 14.3 Å². The van der Waals surface area contributed by atoms with Crippen molar-refractivity contribution in [3.63, 3.8) is 0 Å². The Bertz CT molecular complexity index is 1100. The molecule has 0 saturated carbocycles. The molecule has 1 aromatic heterocycles. The van der Waals surface area contributed by atoms with Crippen LogP contribution in [0, 0.1) is 0 Å². The van der Waals surface area contributed by atoms with Gasteiger partial charge in [0.2, 0.25) is 0 Å². The van der Waals surface area contributed by atoms with Crippen molar-refractivity contribution in [2.75, 3.05) is 6.61 Å². The second-order valence-corrected chi connectivity index (χ2v) is 8.20. The second-order valence-electron chi connectivity index (χ2n) is 8.20. The highest BCUT2D eigenvalue weighted by Crippen LogP contribution is 2.44. The lowest BCUT2D eigenvalue weighted by molar-refractivity contribution is -0.146. The summed E-state index contributed by atoms with van der Waals surface area (Å²) in [6.45, 7) is 2.23. The van der Waals surface area contributed by atoms with Crippen LogP contribution in [0.25, 0.3) is 10.9 Å². The minimum absolute atomic E-state index is 0.110. The van der Waals surface area contributed by atoms with E-state index in [2.05, 4.69) is 22.0 Å². The van der Waals surface area contributed by atoms with Crippen LogP contribution in [0.5, 0.6) is 0 Å². The van der Waals surface area contributed by atoms with Gasteiger partial charge in [-0.05, 0) is 31.4 Å². The van der Waals surface area contributed by atoms with Crippen molar-refractivity contribution in [2.45, 2.75) is 50.7 Å². The monoisotopic (exact) mass is 402 g/mol. The van der Waals surface area contributed by atoms with E-state index in [1.165, 1.54) is 16.6 Å². The van der Waals surface area contributed by atoms with Crippen LogP contribution in [0.2, 0.25) is 0 Å². The summed E-state index contributed by atoms with van der Waals surface area (Å²) < 4.78 is 7.67. The number of hydrogen-bond donors (Lipinski definition) is 1. The molecule has 154 valence electrons. The van der Waals surface area contributed by atoms with E-state index < -0.39 is 0 Å². The Morgan fingerprint density at radius 1 is 1.07 bits per heavy atom. The number of nitrogens with one attached hydrogen (secondary N) is 1. The first-order valence-corrected chi connectivity index (χ1v) is 10.8. The zero-order valence-electron chi connectivity index (χ0n) is 17.1. The van der Waals surface area contributed by atoms with E-state index >= 15 is 0 Å². The van der Waals surface area contributed by atoms with E-state index in [4.69, 9.17) is 4.74 Å². The van der Waals surface area contributed by atoms with E-state index in [1.807, 2.05) is 49.4 Å². The molecule has 1 N–H and O–H groups in total. The number of para-hydroxylation sites is 1. The average Bonchev–Trinajstić information content (AvgIpc) is 3.12. The third-order valence-corrected chi connectivity index (χ3v) is 6.44. The smallest absolute Gasteiger partial charge is 0.323 e. The summed E-state index contributed by atoms with van der Waals surface area (Å²) in [7, 11) is 0. The molecule has 0 bridgehead atoms. The first-order valence-electron chi connectivity index (χ1n) is 10.8. The molecule has 5 rings (SSSR count). The highest BCUT2D eigenvalue weighted by Gasteiger charge is 2.40. The van der Waals surface area contributed by atoms with E-state index in [0.717, 1.165) is 23.9 Å². The molecule has 0 amide bonds. The Hall–Kier alpha value is -2.92. The predicted molar refractivity (Wildman–Crippen MR) is 116 cm³/mol. The number of fused-ring (bicyclic) bond motifs is 3. The highest BCUT2D eigenvalue weighted by molar-refractivity contribution is 5.96. The topological polar surface area (TPSA) is 60.3 Å². The van der Waals surface area contributed by atoms with Crippen molar-refractivity contribution in [3.8, 4) is 0 Å². The van der Waals surface area contributed by atoms with E-state index in [0.29, 0.717) is 19.4 Å². The highest BCUT2D eigenvalue weighted by atomic mass is 16.5. The average molecular weight is 402 g/mol. The fraction of sp³-hybridized carbons (Fsp3) is 0.360. The number of esters is 1. The number of benzene rings is 2. The Morgan fingerprint density at radius 2 is 1.83 bits per heavy atom. The Balaban J connectivity index is 1.54. The maximum absolute atomic E-state index is 13.0. The first kappa shape index (κ1) is 19.1. The summed E-state index contributed by atoms with van der Waals surface area (Å²) in [6.07, 6.45) is 2.92. The fourth-order valence-corrected chi connectivity index (χ4v) is 5.17. The minimum Gasteiger partial charge on any atom is -0.465 e. The van der Waals surface area contributed by atoms with Gasteiger partial charge < -0.3 is 9.30 Å². The predicted octanol–water partition coefficient (Wildman–Crippen LogP) is 4.37. The molecule has 3 atom stereocenters. The summed E-state index contributed by atoms with van der Waals surface area (Å²) in [5.41, 5.74) is 4.40. The van der Waals surface area contributed by atoms with Crippen molar-refractivity contribution in [1.29, 1.82) is 0 Å². The second kappa shape index (κ2) is 7.73. The standard InChI is InChI=1S/C25H26N2O3/c1-2-30-25(29)21-15-19-18-10-6-7-11-22(18)27-17(12-13-20(26-21)24(19)27)14-23(28)16-8-4-3-5-9-16/h3-11,17,20-21,26H,2,12-15H2,1H3/t17-,20-,21-/m0/s1. The van der Waals surface area contributed by atoms with Gasteiger partial charge in [-0.3, -0.25) is 14.9 Å². The first-order chi connectivity index (χ1) is 14.7. The molecule has 3 heterocycles. The molecule has 0 radical (unpaired) electrons. The van der Waals surface area contributed by atoms with Crippen molar-refractivity contribution in [2.24, 2.45) is 0 Å². The Kier molecular flexibility index (Phi) is 4.91. The zero-order valence-corrected chi connectivity index (χ0v) is 17.1. The number of rotatable bonds is 5. The van der Waals surface area contributed by atoms with Crippen molar-refractivity contribution >= 4 is 22.7 Å². The summed E-state index contributed by atoms with van der Waals surface area (Å²) in [5.74, 6) is 0.000102. The third kappa shape index (κ3) is 3.14. The van der Waals surface area contributed by atoms with Gasteiger partial charge >= 0.3 is 5.97 Å². The van der Waals surface area contributed by atoms with Gasteiger partial charge in [-0.2, -0.15) is 0 Å². The summed E-state index contributed by atoms with van der Waals surface area (Å²) in [5, 5.41) is 4.71. The van der Waals surface area contributed by atoms with Crippen LogP contribution >= 0.6 is 0 Å². The minimum atomic E-state index is -0.316. The maximum Gasteiger partial charge on any atom is 0.323 e. The lowest BCUT2D eigenvalue weighted by Crippen LogP contribution is -2.47. The summed E-state index contributed by atoms with van der Waals surface area (Å²) >= 11 is 0. The third-order valence-electron chi connectivity index (χ3n) is 6.44. The Labute approximate surface area is 176 Å². The Morgan fingerprint density at radius 3 is 2.63 bits per heavy atom. The van der Waals surface area contributed by atoms with Crippen molar-refractivity contribution in [1.82, 2.24) is 9.88 Å².